The van der Waals surface area contributed by atoms with Gasteiger partial charge < -0.3 is 9.88 Å². The molecule has 1 aromatic carbocycles. The van der Waals surface area contributed by atoms with Gasteiger partial charge in [0, 0.05) is 25.1 Å². The van der Waals surface area contributed by atoms with Crippen molar-refractivity contribution in [1.82, 2.24) is 19.9 Å². The van der Waals surface area contributed by atoms with Crippen LogP contribution in [0.2, 0.25) is 0 Å². The van der Waals surface area contributed by atoms with E-state index < -0.39 is 0 Å². The molecule has 0 aliphatic carbocycles. The van der Waals surface area contributed by atoms with E-state index in [1.54, 1.807) is 6.20 Å². The number of aromatic nitrogens is 3. The van der Waals surface area contributed by atoms with Crippen molar-refractivity contribution >= 4 is 17.1 Å². The van der Waals surface area contributed by atoms with Crippen LogP contribution < -0.4 is 5.32 Å². The van der Waals surface area contributed by atoms with Crippen molar-refractivity contribution in [3.05, 3.63) is 59.5 Å². The van der Waals surface area contributed by atoms with Crippen molar-refractivity contribution in [3.63, 3.8) is 0 Å². The normalized spacial score (nSPS) is 11.2. The van der Waals surface area contributed by atoms with Gasteiger partial charge in [-0.25, -0.2) is 9.97 Å². The number of imidazole rings is 1. The summed E-state index contributed by atoms with van der Waals surface area (Å²) in [5.41, 5.74) is 4.27. The molecule has 0 saturated carbocycles. The van der Waals surface area contributed by atoms with Gasteiger partial charge in [-0.1, -0.05) is 29.8 Å². The summed E-state index contributed by atoms with van der Waals surface area (Å²) in [5, 5.41) is 2.94. The molecule has 0 saturated heterocycles. The minimum Gasteiger partial charge on any atom is -0.354 e. The molecule has 0 bridgehead atoms. The van der Waals surface area contributed by atoms with Gasteiger partial charge in [0.2, 0.25) is 5.91 Å². The topological polar surface area (TPSA) is 59.8 Å². The highest BCUT2D eigenvalue weighted by molar-refractivity contribution is 5.76. The zero-order chi connectivity index (χ0) is 18.5. The van der Waals surface area contributed by atoms with E-state index in [2.05, 4.69) is 46.1 Å². The highest BCUT2D eigenvalue weighted by Gasteiger charge is 2.13. The van der Waals surface area contributed by atoms with E-state index in [1.807, 2.05) is 26.0 Å². The number of hydrogen-bond donors (Lipinski definition) is 1. The third-order valence-corrected chi connectivity index (χ3v) is 4.30. The summed E-state index contributed by atoms with van der Waals surface area (Å²) in [7, 11) is 0. The van der Waals surface area contributed by atoms with Gasteiger partial charge in [0.25, 0.3) is 0 Å². The molecule has 26 heavy (non-hydrogen) atoms. The van der Waals surface area contributed by atoms with Crippen LogP contribution in [0.4, 0.5) is 0 Å². The lowest BCUT2D eigenvalue weighted by Gasteiger charge is -2.10. The largest absolute Gasteiger partial charge is 0.354 e. The molecule has 2 aromatic heterocycles. The van der Waals surface area contributed by atoms with Crippen LogP contribution in [0.15, 0.2) is 42.6 Å². The van der Waals surface area contributed by atoms with Crippen LogP contribution in [0.1, 0.15) is 43.6 Å². The predicted octanol–water partition coefficient (Wildman–Crippen LogP) is 3.64. The minimum absolute atomic E-state index is 0.0966. The first-order chi connectivity index (χ1) is 12.5. The number of nitrogens with one attached hydrogen (secondary N) is 1. The van der Waals surface area contributed by atoms with E-state index in [4.69, 9.17) is 4.98 Å². The quantitative estimate of drug-likeness (QED) is 0.708. The zero-order valence-corrected chi connectivity index (χ0v) is 15.7. The number of carbonyl (C=O) groups excluding carboxylic acids is 1. The Labute approximate surface area is 154 Å². The average Bonchev–Trinajstić information content (AvgIpc) is 2.94. The summed E-state index contributed by atoms with van der Waals surface area (Å²) < 4.78 is 2.17. The maximum Gasteiger partial charge on any atom is 0.220 e. The van der Waals surface area contributed by atoms with Crippen molar-refractivity contribution in [3.8, 4) is 0 Å². The Hall–Kier alpha value is -2.69. The van der Waals surface area contributed by atoms with E-state index in [9.17, 15) is 4.79 Å². The fourth-order valence-corrected chi connectivity index (χ4v) is 3.04. The fourth-order valence-electron chi connectivity index (χ4n) is 3.04. The molecular formula is C21H26N4O. The van der Waals surface area contributed by atoms with Crippen molar-refractivity contribution in [2.75, 3.05) is 0 Å². The van der Waals surface area contributed by atoms with E-state index in [0.717, 1.165) is 36.4 Å². The van der Waals surface area contributed by atoms with Crippen molar-refractivity contribution < 1.29 is 4.79 Å². The van der Waals surface area contributed by atoms with Crippen LogP contribution in [0.5, 0.6) is 0 Å². The van der Waals surface area contributed by atoms with E-state index in [1.165, 1.54) is 11.1 Å². The second-order valence-corrected chi connectivity index (χ2v) is 7.02. The van der Waals surface area contributed by atoms with Crippen LogP contribution >= 0.6 is 0 Å². The van der Waals surface area contributed by atoms with E-state index in [-0.39, 0.29) is 11.9 Å². The number of amides is 1. The minimum atomic E-state index is 0.0966. The number of rotatable bonds is 7. The van der Waals surface area contributed by atoms with Gasteiger partial charge in [-0.3, -0.25) is 4.79 Å². The van der Waals surface area contributed by atoms with Crippen LogP contribution in [0.3, 0.4) is 0 Å². The third kappa shape index (κ3) is 4.48. The van der Waals surface area contributed by atoms with Crippen LogP contribution in [-0.4, -0.2) is 26.5 Å². The molecule has 1 N–H and O–H groups in total. The average molecular weight is 350 g/mol. The maximum atomic E-state index is 11.9. The molecule has 0 aliphatic rings. The Morgan fingerprint density at radius 2 is 1.96 bits per heavy atom. The van der Waals surface area contributed by atoms with Crippen LogP contribution in [0.25, 0.3) is 11.2 Å². The molecule has 0 radical (unpaired) electrons. The molecule has 136 valence electrons. The number of pyridine rings is 1. The summed E-state index contributed by atoms with van der Waals surface area (Å²) in [6, 6.07) is 12.6. The van der Waals surface area contributed by atoms with Gasteiger partial charge in [0.1, 0.15) is 11.3 Å². The molecule has 2 heterocycles. The number of carbonyl (C=O) groups is 1. The monoisotopic (exact) mass is 350 g/mol. The Kier molecular flexibility index (Phi) is 5.66. The predicted molar refractivity (Wildman–Crippen MR) is 104 cm³/mol. The van der Waals surface area contributed by atoms with Gasteiger partial charge in [-0.05, 0) is 44.9 Å². The molecule has 3 aromatic rings. The van der Waals surface area contributed by atoms with Crippen LogP contribution in [0, 0.1) is 6.92 Å². The van der Waals surface area contributed by atoms with Crippen molar-refractivity contribution in [2.45, 2.75) is 52.6 Å². The number of aryl methyl sites for hydroxylation is 2. The van der Waals surface area contributed by atoms with Crippen molar-refractivity contribution in [1.29, 1.82) is 0 Å². The highest BCUT2D eigenvalue weighted by atomic mass is 16.1. The van der Waals surface area contributed by atoms with E-state index >= 15 is 0 Å². The molecule has 5 nitrogen and oxygen atoms in total. The van der Waals surface area contributed by atoms with Gasteiger partial charge in [0.15, 0.2) is 5.65 Å². The van der Waals surface area contributed by atoms with Crippen LogP contribution in [-0.2, 0) is 17.8 Å². The lowest BCUT2D eigenvalue weighted by molar-refractivity contribution is -0.121. The summed E-state index contributed by atoms with van der Waals surface area (Å²) >= 11 is 0. The lowest BCUT2D eigenvalue weighted by Crippen LogP contribution is -2.29. The molecular weight excluding hydrogens is 324 g/mol. The standard InChI is InChI=1S/C21H26N4O/c1-15(2)23-20(26)8-4-7-19-24-18-6-5-13-22-21(18)25(19)14-17-11-9-16(3)10-12-17/h5-6,9-13,15H,4,7-8,14H2,1-3H3,(H,23,26). The summed E-state index contributed by atoms with van der Waals surface area (Å²) in [6.45, 7) is 6.78. The lowest BCUT2D eigenvalue weighted by atomic mass is 10.1. The van der Waals surface area contributed by atoms with Gasteiger partial charge in [-0.2, -0.15) is 0 Å². The molecule has 0 fully saturated rings. The van der Waals surface area contributed by atoms with Gasteiger partial charge >= 0.3 is 0 Å². The first-order valence-electron chi connectivity index (χ1n) is 9.18. The van der Waals surface area contributed by atoms with Crippen molar-refractivity contribution in [2.24, 2.45) is 0 Å². The first-order valence-corrected chi connectivity index (χ1v) is 9.18. The molecule has 0 aliphatic heterocycles. The number of nitrogens with zero attached hydrogens (tertiary/aromatic N) is 3. The third-order valence-electron chi connectivity index (χ3n) is 4.30. The summed E-state index contributed by atoms with van der Waals surface area (Å²) in [5.74, 6) is 1.08. The Morgan fingerprint density at radius 3 is 2.69 bits per heavy atom. The smallest absolute Gasteiger partial charge is 0.220 e. The molecule has 3 rings (SSSR count). The maximum absolute atomic E-state index is 11.9. The summed E-state index contributed by atoms with van der Waals surface area (Å²) in [4.78, 5) is 21.1. The molecule has 0 unspecified atom stereocenters. The molecule has 1 amide bonds. The first kappa shape index (κ1) is 18.1. The molecule has 0 spiro atoms. The Balaban J connectivity index is 1.78. The van der Waals surface area contributed by atoms with Gasteiger partial charge in [-0.15, -0.1) is 0 Å². The number of benzene rings is 1. The Bertz CT molecular complexity index is 881. The molecule has 0 atom stereocenters. The molecule has 5 heteroatoms. The second-order valence-electron chi connectivity index (χ2n) is 7.02. The number of hydrogen-bond acceptors (Lipinski definition) is 3. The number of fused-ring (bicyclic) bond motifs is 1. The highest BCUT2D eigenvalue weighted by Crippen LogP contribution is 2.18. The van der Waals surface area contributed by atoms with Gasteiger partial charge in [0.05, 0.1) is 6.54 Å². The second kappa shape index (κ2) is 8.13. The van der Waals surface area contributed by atoms with E-state index in [0.29, 0.717) is 6.42 Å². The SMILES string of the molecule is Cc1ccc(Cn2c(CCCC(=O)NC(C)C)nc3cccnc32)cc1. The fraction of sp³-hybridized carbons (Fsp3) is 0.381. The summed E-state index contributed by atoms with van der Waals surface area (Å²) in [6.07, 6.45) is 3.85. The Morgan fingerprint density at radius 1 is 1.19 bits per heavy atom. The zero-order valence-electron chi connectivity index (χ0n) is 15.7.